The van der Waals surface area contributed by atoms with E-state index in [1.807, 2.05) is 0 Å². The average molecular weight is 234 g/mol. The van der Waals surface area contributed by atoms with Crippen LogP contribution in [0.15, 0.2) is 0 Å². The minimum absolute atomic E-state index is 0.0665. The van der Waals surface area contributed by atoms with Gasteiger partial charge in [0.2, 0.25) is 0 Å². The number of likely N-dealkylation sites (tertiary alicyclic amines) is 1. The van der Waals surface area contributed by atoms with Crippen LogP contribution in [-0.4, -0.2) is 37.7 Å². The molecule has 1 rings (SSSR count). The van der Waals surface area contributed by atoms with Crippen molar-refractivity contribution in [3.05, 3.63) is 0 Å². The van der Waals surface area contributed by atoms with E-state index in [2.05, 4.69) is 4.43 Å². The molecule has 1 saturated heterocycles. The zero-order chi connectivity index (χ0) is 11.0. The molecule has 0 saturated carbocycles. The quantitative estimate of drug-likeness (QED) is 0.339. The number of halogens is 4. The van der Waals surface area contributed by atoms with E-state index < -0.39 is 32.9 Å². The Morgan fingerprint density at radius 2 is 2.14 bits per heavy atom. The summed E-state index contributed by atoms with van der Waals surface area (Å²) >= 11 is 0. The molecule has 2 unspecified atom stereocenters. The molecule has 1 heterocycles. The lowest BCUT2D eigenvalue weighted by atomic mass is 10.4. The van der Waals surface area contributed by atoms with E-state index in [0.29, 0.717) is 0 Å². The molecule has 2 atom stereocenters. The number of hydrogen-bond donors (Lipinski definition) is 1. The smallest absolute Gasteiger partial charge is 0.511 e. The van der Waals surface area contributed by atoms with Crippen molar-refractivity contribution in [2.75, 3.05) is 6.54 Å². The number of nitrogens with zero attached hydrogens (tertiary/aromatic N) is 1. The number of quaternary nitrogens is 1. The van der Waals surface area contributed by atoms with Crippen LogP contribution < -0.4 is 0 Å². The van der Waals surface area contributed by atoms with Crippen molar-refractivity contribution in [3.8, 4) is 0 Å². The molecule has 82 valence electrons. The Hall–Kier alpha value is -0.703. The molecule has 9 heteroatoms. The van der Waals surface area contributed by atoms with Crippen LogP contribution in [-0.2, 0) is 8.89 Å². The van der Waals surface area contributed by atoms with Crippen molar-refractivity contribution >= 4 is 9.17 Å². The van der Waals surface area contributed by atoms with E-state index in [4.69, 9.17) is 4.80 Å². The Morgan fingerprint density at radius 1 is 1.57 bits per heavy atom. The Kier molecular flexibility index (Phi) is 2.81. The predicted octanol–water partition coefficient (Wildman–Crippen LogP) is 0.752. The minimum Gasteiger partial charge on any atom is -0.511 e. The molecule has 0 radical (unpaired) electrons. The van der Waals surface area contributed by atoms with Gasteiger partial charge in [-0.2, -0.15) is 4.39 Å². The van der Waals surface area contributed by atoms with E-state index in [1.165, 1.54) is 0 Å². The monoisotopic (exact) mass is 234 g/mol. The second-order valence-corrected chi connectivity index (χ2v) is 3.66. The van der Waals surface area contributed by atoms with Crippen LogP contribution in [0.5, 0.6) is 0 Å². The summed E-state index contributed by atoms with van der Waals surface area (Å²) in [4.78, 5) is 8.09. The van der Waals surface area contributed by atoms with Gasteiger partial charge in [0.05, 0.1) is 0 Å². The molecule has 1 aliphatic heterocycles. The summed E-state index contributed by atoms with van der Waals surface area (Å²) in [7, 11) is -4.01. The second kappa shape index (κ2) is 3.46. The van der Waals surface area contributed by atoms with Crippen molar-refractivity contribution in [1.82, 2.24) is 0 Å². The van der Waals surface area contributed by atoms with Crippen LogP contribution >= 0.6 is 0 Å². The molecule has 0 aromatic carbocycles. The lowest BCUT2D eigenvalue weighted by Gasteiger charge is -2.27. The Labute approximate surface area is 78.1 Å². The predicted molar refractivity (Wildman–Crippen MR) is 35.1 cm³/mol. The lowest BCUT2D eigenvalue weighted by molar-refractivity contribution is -1.16. The van der Waals surface area contributed by atoms with Crippen LogP contribution in [0.1, 0.15) is 12.8 Å². The maximum Gasteiger partial charge on any atom is 0.773 e. The number of alkyl halides is 3. The fourth-order valence-corrected chi connectivity index (χ4v) is 1.67. The highest BCUT2D eigenvalue weighted by atomic mass is 28.3. The van der Waals surface area contributed by atoms with Crippen LogP contribution in [0.25, 0.3) is 0 Å². The minimum atomic E-state index is -4.61. The Bertz CT molecular complexity index is 253. The zero-order valence-corrected chi connectivity index (χ0v) is 7.92. The van der Waals surface area contributed by atoms with E-state index in [-0.39, 0.29) is 12.8 Å². The maximum atomic E-state index is 13.3. The molecule has 0 aromatic heterocycles. The van der Waals surface area contributed by atoms with Gasteiger partial charge in [-0.15, -0.1) is 8.78 Å². The van der Waals surface area contributed by atoms with E-state index in [1.54, 1.807) is 0 Å². The zero-order valence-electron chi connectivity index (χ0n) is 6.92. The third kappa shape index (κ3) is 1.73. The van der Waals surface area contributed by atoms with Crippen LogP contribution in [0.3, 0.4) is 0 Å². The summed E-state index contributed by atoms with van der Waals surface area (Å²) in [6, 6.07) is 0. The molecule has 1 N–H and O–H groups in total. The van der Waals surface area contributed by atoms with Gasteiger partial charge in [-0.1, -0.05) is 0 Å². The van der Waals surface area contributed by atoms with Gasteiger partial charge in [0, 0.05) is 17.3 Å². The lowest BCUT2D eigenvalue weighted by Crippen LogP contribution is -2.57. The van der Waals surface area contributed by atoms with Gasteiger partial charge in [-0.3, -0.25) is 4.46 Å². The first-order chi connectivity index (χ1) is 6.29. The van der Waals surface area contributed by atoms with Gasteiger partial charge in [0.15, 0.2) is 0 Å². The highest BCUT2D eigenvalue weighted by Crippen LogP contribution is 2.40. The van der Waals surface area contributed by atoms with Gasteiger partial charge in [0.1, 0.15) is 6.54 Å². The summed E-state index contributed by atoms with van der Waals surface area (Å²) in [5, 5.41) is 0. The van der Waals surface area contributed by atoms with Gasteiger partial charge in [-0.25, -0.2) is 0 Å². The SMILES string of the molecule is O=[Si](O)OC(F)(F)[N+]1(F)CCCC1F. The van der Waals surface area contributed by atoms with Crippen molar-refractivity contribution in [3.63, 3.8) is 0 Å². The van der Waals surface area contributed by atoms with E-state index in [0.717, 1.165) is 0 Å². The average Bonchev–Trinajstić information content (AvgIpc) is 2.31. The molecule has 1 fully saturated rings. The van der Waals surface area contributed by atoms with Gasteiger partial charge in [0.25, 0.3) is 6.30 Å². The summed E-state index contributed by atoms with van der Waals surface area (Å²) in [6.07, 6.45) is -7.46. The molecule has 0 bridgehead atoms. The molecule has 1 aliphatic rings. The van der Waals surface area contributed by atoms with Crippen molar-refractivity contribution in [1.29, 1.82) is 0 Å². The third-order valence-electron chi connectivity index (χ3n) is 2.01. The summed E-state index contributed by atoms with van der Waals surface area (Å²) in [6.45, 7) is -0.774. The Morgan fingerprint density at radius 3 is 2.50 bits per heavy atom. The Balaban J connectivity index is 2.84. The normalized spacial score (nSPS) is 33.0. The molecule has 4 nitrogen and oxygen atoms in total. The number of hydrogen-bond acceptors (Lipinski definition) is 2. The molecular weight excluding hydrogens is 226 g/mol. The summed E-state index contributed by atoms with van der Waals surface area (Å²) in [5.74, 6) is 0. The highest BCUT2D eigenvalue weighted by molar-refractivity contribution is 6.24. The highest BCUT2D eigenvalue weighted by Gasteiger charge is 2.68. The molecule has 0 amide bonds. The molecular formula is C5H8F4NO3Si+. The standard InChI is InChI=1S/C5H8F4NO3Si/c6-4-2-1-3-10(4,9)5(7,8)13-14(11)12/h4,11H,1-3H2/q+1. The van der Waals surface area contributed by atoms with Crippen LogP contribution in [0, 0.1) is 0 Å². The molecule has 0 aliphatic carbocycles. The summed E-state index contributed by atoms with van der Waals surface area (Å²) in [5.41, 5.74) is 0. The van der Waals surface area contributed by atoms with E-state index >= 15 is 0 Å². The number of rotatable bonds is 3. The molecule has 0 aromatic rings. The molecule has 0 spiro atoms. The third-order valence-corrected chi connectivity index (χ3v) is 2.43. The van der Waals surface area contributed by atoms with Crippen LogP contribution in [0.4, 0.5) is 17.7 Å². The van der Waals surface area contributed by atoms with Gasteiger partial charge < -0.3 is 9.22 Å². The van der Waals surface area contributed by atoms with E-state index in [9.17, 15) is 22.1 Å². The largest absolute Gasteiger partial charge is 0.773 e. The second-order valence-electron chi connectivity index (χ2n) is 2.93. The van der Waals surface area contributed by atoms with Crippen molar-refractivity contribution in [2.45, 2.75) is 25.4 Å². The molecule has 14 heavy (non-hydrogen) atoms. The fraction of sp³-hybridized carbons (Fsp3) is 1.00. The van der Waals surface area contributed by atoms with Crippen molar-refractivity contribution < 1.29 is 36.0 Å². The summed E-state index contributed by atoms with van der Waals surface area (Å²) < 4.78 is 62.2. The van der Waals surface area contributed by atoms with Gasteiger partial charge in [-0.05, 0) is 4.71 Å². The first-order valence-corrected chi connectivity index (χ1v) is 5.07. The van der Waals surface area contributed by atoms with Crippen molar-refractivity contribution in [2.24, 2.45) is 0 Å². The van der Waals surface area contributed by atoms with Crippen LogP contribution in [0.2, 0.25) is 0 Å². The fourth-order valence-electron chi connectivity index (χ4n) is 1.31. The topological polar surface area (TPSA) is 46.5 Å². The first-order valence-electron chi connectivity index (χ1n) is 3.81. The first kappa shape index (κ1) is 11.4. The van der Waals surface area contributed by atoms with Gasteiger partial charge >= 0.3 is 15.4 Å². The maximum absolute atomic E-state index is 13.3.